The number of rotatable bonds is 4. The zero-order chi connectivity index (χ0) is 16.6. The molecule has 0 radical (unpaired) electrons. The Morgan fingerprint density at radius 2 is 1.84 bits per heavy atom. The van der Waals surface area contributed by atoms with Gasteiger partial charge in [-0.25, -0.2) is 0 Å². The fourth-order valence-electron chi connectivity index (χ4n) is 2.60. The molecule has 0 N–H and O–H groups in total. The molecule has 5 aromatic rings. The van der Waals surface area contributed by atoms with Crippen LogP contribution in [-0.2, 0) is 5.75 Å². The molecule has 7 heteroatoms. The molecule has 0 saturated heterocycles. The first-order valence-corrected chi connectivity index (χ1v) is 9.55. The lowest BCUT2D eigenvalue weighted by Crippen LogP contribution is -1.93. The Hall–Kier alpha value is -2.64. The Kier molecular flexibility index (Phi) is 3.53. The Morgan fingerprint density at radius 1 is 1.00 bits per heavy atom. The minimum Gasteiger partial charge on any atom is -0.453 e. The van der Waals surface area contributed by atoms with Crippen LogP contribution in [-0.4, -0.2) is 19.8 Å². The lowest BCUT2D eigenvalue weighted by atomic mass is 10.2. The predicted octanol–water partition coefficient (Wildman–Crippen LogP) is 4.89. The zero-order valence-corrected chi connectivity index (χ0v) is 14.6. The largest absolute Gasteiger partial charge is 0.453 e. The van der Waals surface area contributed by atoms with Crippen LogP contribution in [0.3, 0.4) is 0 Å². The molecule has 0 bridgehead atoms. The van der Waals surface area contributed by atoms with E-state index < -0.39 is 0 Å². The van der Waals surface area contributed by atoms with Crippen molar-refractivity contribution >= 4 is 39.0 Å². The molecule has 0 aliphatic heterocycles. The van der Waals surface area contributed by atoms with Crippen LogP contribution in [0, 0.1) is 0 Å². The minimum absolute atomic E-state index is 0.717. The van der Waals surface area contributed by atoms with Crippen molar-refractivity contribution in [3.8, 4) is 10.8 Å². The van der Waals surface area contributed by atoms with E-state index in [0.717, 1.165) is 32.5 Å². The normalized spacial score (nSPS) is 11.5. The van der Waals surface area contributed by atoms with Crippen LogP contribution >= 0.6 is 23.1 Å². The summed E-state index contributed by atoms with van der Waals surface area (Å²) in [6.45, 7) is 0. The van der Waals surface area contributed by atoms with Gasteiger partial charge in [0.25, 0.3) is 0 Å². The van der Waals surface area contributed by atoms with Crippen molar-refractivity contribution in [1.29, 1.82) is 0 Å². The summed E-state index contributed by atoms with van der Waals surface area (Å²) in [4.78, 5) is 1.98. The number of hydrogen-bond acceptors (Lipinski definition) is 6. The van der Waals surface area contributed by atoms with Crippen LogP contribution < -0.4 is 0 Å². The van der Waals surface area contributed by atoms with E-state index in [1.807, 2.05) is 53.0 Å². The number of nitrogens with zero attached hydrogens (tertiary/aromatic N) is 4. The molecule has 5 rings (SSSR count). The van der Waals surface area contributed by atoms with Crippen LogP contribution in [0.4, 0.5) is 0 Å². The van der Waals surface area contributed by atoms with Gasteiger partial charge in [-0.05, 0) is 24.3 Å². The van der Waals surface area contributed by atoms with Gasteiger partial charge in [0.05, 0.1) is 5.75 Å². The Bertz CT molecular complexity index is 1130. The lowest BCUT2D eigenvalue weighted by molar-refractivity contribution is 0.629. The monoisotopic (exact) mass is 364 g/mol. The molecule has 2 aromatic carbocycles. The highest BCUT2D eigenvalue weighted by atomic mass is 32.2. The van der Waals surface area contributed by atoms with Crippen molar-refractivity contribution in [3.05, 3.63) is 66.5 Å². The number of fused-ring (bicyclic) bond motifs is 2. The zero-order valence-electron chi connectivity index (χ0n) is 13.0. The smallest absolute Gasteiger partial charge is 0.235 e. The van der Waals surface area contributed by atoms with Crippen molar-refractivity contribution in [3.63, 3.8) is 0 Å². The molecular weight excluding hydrogens is 352 g/mol. The molecule has 0 atom stereocenters. The first kappa shape index (κ1) is 14.7. The standard InChI is InChI=1S/C18H12N4OS2/c1-2-7-13(8-3-1)24-11-16-19-20-18-22(16)21-17(25-18)15-10-12-6-4-5-9-14(12)23-15/h1-10H,11H2. The molecule has 25 heavy (non-hydrogen) atoms. The van der Waals surface area contributed by atoms with Crippen LogP contribution in [0.2, 0.25) is 0 Å². The van der Waals surface area contributed by atoms with E-state index in [2.05, 4.69) is 27.4 Å². The van der Waals surface area contributed by atoms with Gasteiger partial charge in [-0.2, -0.15) is 4.52 Å². The third-order valence-corrected chi connectivity index (χ3v) is 5.72. The van der Waals surface area contributed by atoms with Crippen molar-refractivity contribution in [2.24, 2.45) is 0 Å². The summed E-state index contributed by atoms with van der Waals surface area (Å²) in [6, 6.07) is 20.2. The molecular formula is C18H12N4OS2. The van der Waals surface area contributed by atoms with Crippen LogP contribution in [0.5, 0.6) is 0 Å². The minimum atomic E-state index is 0.717. The number of thioether (sulfide) groups is 1. The maximum Gasteiger partial charge on any atom is 0.235 e. The number of aromatic nitrogens is 4. The third kappa shape index (κ3) is 2.71. The topological polar surface area (TPSA) is 56.2 Å². The second-order valence-corrected chi connectivity index (χ2v) is 7.47. The van der Waals surface area contributed by atoms with Gasteiger partial charge in [-0.1, -0.05) is 47.7 Å². The summed E-state index contributed by atoms with van der Waals surface area (Å²) in [5, 5.41) is 15.0. The SMILES string of the molecule is c1ccc(SCc2nnc3sc(-c4cc5ccccc5o4)nn23)cc1. The van der Waals surface area contributed by atoms with Gasteiger partial charge in [0, 0.05) is 10.3 Å². The van der Waals surface area contributed by atoms with E-state index in [0.29, 0.717) is 5.75 Å². The van der Waals surface area contributed by atoms with E-state index in [1.54, 1.807) is 11.8 Å². The van der Waals surface area contributed by atoms with Crippen molar-refractivity contribution in [1.82, 2.24) is 19.8 Å². The van der Waals surface area contributed by atoms with Gasteiger partial charge in [0.2, 0.25) is 4.96 Å². The molecule has 3 heterocycles. The molecule has 0 aliphatic rings. The summed E-state index contributed by atoms with van der Waals surface area (Å²) in [7, 11) is 0. The summed E-state index contributed by atoms with van der Waals surface area (Å²) in [5.41, 5.74) is 0.864. The Labute approximate surface area is 151 Å². The number of benzene rings is 2. The quantitative estimate of drug-likeness (QED) is 0.425. The van der Waals surface area contributed by atoms with E-state index in [-0.39, 0.29) is 0 Å². The van der Waals surface area contributed by atoms with Crippen molar-refractivity contribution in [2.75, 3.05) is 0 Å². The summed E-state index contributed by atoms with van der Waals surface area (Å²) >= 11 is 3.20. The van der Waals surface area contributed by atoms with E-state index in [4.69, 9.17) is 4.42 Å². The van der Waals surface area contributed by atoms with Gasteiger partial charge < -0.3 is 4.42 Å². The second kappa shape index (κ2) is 6.02. The van der Waals surface area contributed by atoms with E-state index >= 15 is 0 Å². The molecule has 0 spiro atoms. The van der Waals surface area contributed by atoms with E-state index in [1.165, 1.54) is 16.2 Å². The molecule has 5 nitrogen and oxygen atoms in total. The molecule has 0 fully saturated rings. The fraction of sp³-hybridized carbons (Fsp3) is 0.0556. The molecule has 0 aliphatic carbocycles. The molecule has 0 saturated carbocycles. The van der Waals surface area contributed by atoms with Gasteiger partial charge in [0.15, 0.2) is 16.6 Å². The van der Waals surface area contributed by atoms with Gasteiger partial charge in [-0.15, -0.1) is 27.1 Å². The summed E-state index contributed by atoms with van der Waals surface area (Å²) in [6.07, 6.45) is 0. The Morgan fingerprint density at radius 3 is 2.72 bits per heavy atom. The number of hydrogen-bond donors (Lipinski definition) is 0. The second-order valence-electron chi connectivity index (χ2n) is 5.47. The number of furan rings is 1. The summed E-state index contributed by atoms with van der Waals surface area (Å²) < 4.78 is 7.71. The van der Waals surface area contributed by atoms with Crippen molar-refractivity contribution in [2.45, 2.75) is 10.6 Å². The molecule has 122 valence electrons. The van der Waals surface area contributed by atoms with Gasteiger partial charge >= 0.3 is 0 Å². The predicted molar refractivity (Wildman–Crippen MR) is 99.9 cm³/mol. The van der Waals surface area contributed by atoms with Gasteiger partial charge in [0.1, 0.15) is 5.58 Å². The average molecular weight is 364 g/mol. The van der Waals surface area contributed by atoms with E-state index in [9.17, 15) is 0 Å². The molecule has 0 amide bonds. The average Bonchev–Trinajstić information content (AvgIpc) is 3.34. The van der Waals surface area contributed by atoms with Crippen LogP contribution in [0.15, 0.2) is 70.0 Å². The third-order valence-electron chi connectivity index (χ3n) is 3.80. The maximum atomic E-state index is 5.90. The van der Waals surface area contributed by atoms with Crippen LogP contribution in [0.1, 0.15) is 5.82 Å². The first-order valence-electron chi connectivity index (χ1n) is 7.75. The maximum absolute atomic E-state index is 5.90. The van der Waals surface area contributed by atoms with Crippen LogP contribution in [0.25, 0.3) is 26.7 Å². The highest BCUT2D eigenvalue weighted by Crippen LogP contribution is 2.31. The first-order chi connectivity index (χ1) is 12.4. The number of para-hydroxylation sites is 1. The van der Waals surface area contributed by atoms with Crippen molar-refractivity contribution < 1.29 is 4.42 Å². The van der Waals surface area contributed by atoms with Gasteiger partial charge in [-0.3, -0.25) is 0 Å². The summed E-state index contributed by atoms with van der Waals surface area (Å²) in [5.74, 6) is 2.31. The molecule has 0 unspecified atom stereocenters. The fourth-order valence-corrected chi connectivity index (χ4v) is 4.24. The highest BCUT2D eigenvalue weighted by Gasteiger charge is 2.16. The Balaban J connectivity index is 1.47. The lowest BCUT2D eigenvalue weighted by Gasteiger charge is -1.98. The molecule has 3 aromatic heterocycles. The highest BCUT2D eigenvalue weighted by molar-refractivity contribution is 7.98.